The fourth-order valence-corrected chi connectivity index (χ4v) is 4.49. The van der Waals surface area contributed by atoms with E-state index in [-0.39, 0.29) is 45.1 Å². The second-order valence-electron chi connectivity index (χ2n) is 18.2. The van der Waals surface area contributed by atoms with Gasteiger partial charge in [-0.2, -0.15) is 0 Å². The van der Waals surface area contributed by atoms with Gasteiger partial charge in [0.15, 0.2) is 11.5 Å². The Balaban J connectivity index is 3.36. The highest BCUT2D eigenvalue weighted by Gasteiger charge is 2.31. The first-order valence-corrected chi connectivity index (χ1v) is 17.4. The number of hydrogen-bond acceptors (Lipinski definition) is 8. The fraction of sp³-hybridized carbons (Fsp3) is 0.838. The molecule has 11 heteroatoms. The van der Waals surface area contributed by atoms with E-state index in [4.69, 9.17) is 29.9 Å². The molecule has 0 radical (unpaired) electrons. The maximum Gasteiger partial charge on any atom is 0.270 e. The van der Waals surface area contributed by atoms with Crippen molar-refractivity contribution in [3.8, 4) is 0 Å². The van der Waals surface area contributed by atoms with Crippen molar-refractivity contribution in [2.45, 2.75) is 158 Å². The van der Waals surface area contributed by atoms with Crippen LogP contribution in [0.2, 0.25) is 0 Å². The van der Waals surface area contributed by atoms with Crippen LogP contribution in [0.5, 0.6) is 0 Å². The van der Waals surface area contributed by atoms with E-state index in [1.165, 1.54) is 0 Å². The normalized spacial score (nSPS) is 20.5. The minimum absolute atomic E-state index is 0.0110. The molecule has 278 valence electrons. The molecule has 2 amide bonds. The van der Waals surface area contributed by atoms with Crippen LogP contribution < -0.4 is 21.7 Å². The zero-order valence-corrected chi connectivity index (χ0v) is 33.0. The minimum Gasteiger partial charge on any atom is -0.376 e. The quantitative estimate of drug-likeness (QED) is 0.152. The van der Waals surface area contributed by atoms with Crippen molar-refractivity contribution >= 4 is 23.4 Å². The van der Waals surface area contributed by atoms with E-state index < -0.39 is 23.7 Å². The molecule has 0 aromatic heterocycles. The van der Waals surface area contributed by atoms with Crippen LogP contribution in [0.3, 0.4) is 0 Å². The first-order valence-electron chi connectivity index (χ1n) is 17.4. The fourth-order valence-electron chi connectivity index (χ4n) is 4.49. The molecule has 2 atom stereocenters. The van der Waals surface area contributed by atoms with Crippen molar-refractivity contribution < 1.29 is 23.8 Å². The van der Waals surface area contributed by atoms with Crippen LogP contribution >= 0.6 is 0 Å². The molecule has 48 heavy (non-hydrogen) atoms. The molecule has 0 spiro atoms. The lowest BCUT2D eigenvalue weighted by Crippen LogP contribution is -2.56. The molecule has 0 aliphatic carbocycles. The lowest BCUT2D eigenvalue weighted by atomic mass is 9.89. The van der Waals surface area contributed by atoms with Crippen LogP contribution in [0.25, 0.3) is 0 Å². The molecule has 0 aromatic carbocycles. The second kappa shape index (κ2) is 17.5. The number of nitrogens with one attached hydrogen (secondary N) is 3. The summed E-state index contributed by atoms with van der Waals surface area (Å²) in [7, 11) is 0. The number of nitrogens with zero attached hydrogens (tertiary/aromatic N) is 2. The van der Waals surface area contributed by atoms with Crippen LogP contribution in [0, 0.1) is 10.8 Å². The number of carbonyl (C=O) groups excluding carboxylic acids is 2. The summed E-state index contributed by atoms with van der Waals surface area (Å²) in [6.07, 6.45) is 5.13. The van der Waals surface area contributed by atoms with E-state index in [0.717, 1.165) is 12.8 Å². The lowest BCUT2D eigenvalue weighted by molar-refractivity contribution is -0.123. The van der Waals surface area contributed by atoms with Crippen molar-refractivity contribution in [2.24, 2.45) is 26.5 Å². The molecular formula is C37H70N6O5. The Bertz CT molecular complexity index is 1140. The molecule has 0 saturated carbocycles. The van der Waals surface area contributed by atoms with E-state index in [1.54, 1.807) is 12.2 Å². The first kappa shape index (κ1) is 43.7. The summed E-state index contributed by atoms with van der Waals surface area (Å²) >= 11 is 0. The highest BCUT2D eigenvalue weighted by molar-refractivity contribution is 6.66. The predicted molar refractivity (Wildman–Crippen MR) is 198 cm³/mol. The predicted octanol–water partition coefficient (Wildman–Crippen LogP) is 5.32. The Morgan fingerprint density at radius 1 is 0.771 bits per heavy atom. The van der Waals surface area contributed by atoms with Crippen molar-refractivity contribution in [1.82, 2.24) is 16.0 Å². The molecule has 0 aromatic rings. The van der Waals surface area contributed by atoms with Gasteiger partial charge >= 0.3 is 0 Å². The van der Waals surface area contributed by atoms with Crippen LogP contribution in [0.1, 0.15) is 123 Å². The zero-order chi connectivity index (χ0) is 37.2. The summed E-state index contributed by atoms with van der Waals surface area (Å²) in [4.78, 5) is 36.2. The molecular weight excluding hydrogens is 608 g/mol. The molecule has 5 N–H and O–H groups in total. The maximum absolute atomic E-state index is 13.8. The number of amidine groups is 1. The van der Waals surface area contributed by atoms with Crippen LogP contribution in [-0.2, 0) is 23.8 Å². The molecule has 2 unspecified atom stereocenters. The summed E-state index contributed by atoms with van der Waals surface area (Å²) in [5, 5.41) is 9.80. The summed E-state index contributed by atoms with van der Waals surface area (Å²) in [5.74, 6) is -0.800. The Labute approximate surface area is 292 Å². The molecule has 0 bridgehead atoms. The van der Waals surface area contributed by atoms with Gasteiger partial charge < -0.3 is 30.6 Å². The van der Waals surface area contributed by atoms with Crippen molar-refractivity contribution in [1.29, 1.82) is 0 Å². The van der Waals surface area contributed by atoms with Gasteiger partial charge in [-0.15, -0.1) is 0 Å². The van der Waals surface area contributed by atoms with Gasteiger partial charge in [0.2, 0.25) is 5.91 Å². The van der Waals surface area contributed by atoms with Crippen molar-refractivity contribution in [2.75, 3.05) is 32.9 Å². The van der Waals surface area contributed by atoms with Gasteiger partial charge in [-0.05, 0) is 112 Å². The van der Waals surface area contributed by atoms with E-state index >= 15 is 0 Å². The summed E-state index contributed by atoms with van der Waals surface area (Å²) < 4.78 is 17.8. The summed E-state index contributed by atoms with van der Waals surface area (Å²) in [5.41, 5.74) is 4.23. The highest BCUT2D eigenvalue weighted by atomic mass is 16.5. The Morgan fingerprint density at radius 2 is 1.25 bits per heavy atom. The van der Waals surface area contributed by atoms with E-state index in [1.807, 2.05) is 76.2 Å². The molecule has 1 aliphatic heterocycles. The van der Waals surface area contributed by atoms with Crippen LogP contribution in [0.4, 0.5) is 0 Å². The number of primary amides is 1. The molecule has 1 aliphatic rings. The average Bonchev–Trinajstić information content (AvgIpc) is 2.84. The van der Waals surface area contributed by atoms with Gasteiger partial charge in [0.05, 0.1) is 16.8 Å². The number of carbonyl (C=O) groups is 2. The average molecular weight is 679 g/mol. The van der Waals surface area contributed by atoms with Crippen molar-refractivity contribution in [3.63, 3.8) is 0 Å². The summed E-state index contributed by atoms with van der Waals surface area (Å²) in [6.45, 7) is 33.3. The van der Waals surface area contributed by atoms with Gasteiger partial charge in [-0.3, -0.25) is 24.9 Å². The topological polar surface area (TPSA) is 149 Å². The van der Waals surface area contributed by atoms with Gasteiger partial charge in [-0.1, -0.05) is 33.8 Å². The highest BCUT2D eigenvalue weighted by Crippen LogP contribution is 2.24. The third-order valence-corrected chi connectivity index (χ3v) is 7.59. The van der Waals surface area contributed by atoms with Crippen LogP contribution in [-0.4, -0.2) is 90.8 Å². The number of aliphatic imine (C=N–C) groups is 2. The number of hydrogen-bond donors (Lipinski definition) is 4. The van der Waals surface area contributed by atoms with E-state index in [0.29, 0.717) is 39.3 Å². The standard InChI is InChI=1S/C37H70N6O5/c1-32(2,3)46-21-18-35(10,11)24-39-27-17-16-26(31(45)43-37(14,15)20-23-48-34(7,8)9)41-30(28(42-27)29(38)44)40-25-36(12,13)19-22-47-33(4,5)6/h16-17,26-27,39H,18-25H2,1-15H3,(H2,38,44)(H,40,41)(H,43,45)/b17-16?,42-28-. The van der Waals surface area contributed by atoms with Gasteiger partial charge in [0, 0.05) is 38.4 Å². The van der Waals surface area contributed by atoms with Crippen LogP contribution in [0.15, 0.2) is 22.1 Å². The molecule has 11 nitrogen and oxygen atoms in total. The number of ether oxygens (including phenoxy) is 3. The zero-order valence-electron chi connectivity index (χ0n) is 33.0. The largest absolute Gasteiger partial charge is 0.376 e. The molecule has 1 rings (SSSR count). The van der Waals surface area contributed by atoms with Gasteiger partial charge in [-0.25, -0.2) is 0 Å². The van der Waals surface area contributed by atoms with E-state index in [9.17, 15) is 9.59 Å². The summed E-state index contributed by atoms with van der Waals surface area (Å²) in [6, 6.07) is -0.832. The number of rotatable bonds is 17. The third kappa shape index (κ3) is 19.6. The maximum atomic E-state index is 13.8. The molecule has 1 heterocycles. The lowest BCUT2D eigenvalue weighted by Gasteiger charge is -2.31. The number of amides is 2. The smallest absolute Gasteiger partial charge is 0.270 e. The number of nitrogens with two attached hydrogens (primary N) is 1. The minimum atomic E-state index is -0.832. The molecule has 0 fully saturated rings. The Hall–Kier alpha value is -2.34. The second-order valence-corrected chi connectivity index (χ2v) is 18.2. The monoisotopic (exact) mass is 679 g/mol. The third-order valence-electron chi connectivity index (χ3n) is 7.59. The van der Waals surface area contributed by atoms with E-state index in [2.05, 4.69) is 43.6 Å². The first-order chi connectivity index (χ1) is 21.6. The van der Waals surface area contributed by atoms with Gasteiger partial charge in [0.25, 0.3) is 5.91 Å². The van der Waals surface area contributed by atoms with Crippen molar-refractivity contribution in [3.05, 3.63) is 12.2 Å². The Kier molecular flexibility index (Phi) is 16.0. The SMILES string of the molecule is CC(C)(CCOC(C)(C)C)CN=C1NC(C(=O)NC(C)(C)CCOC(C)(C)C)C=CC(NCC(C)(C)CCOC(C)(C)C)/N=C\1C(N)=O. The van der Waals surface area contributed by atoms with Gasteiger partial charge in [0.1, 0.15) is 12.2 Å². The Morgan fingerprint density at radius 3 is 1.73 bits per heavy atom. The molecule has 0 saturated heterocycles.